The molecule has 0 saturated carbocycles. The maximum absolute atomic E-state index is 11.6. The Hall–Kier alpha value is -2.25. The van der Waals surface area contributed by atoms with Crippen LogP contribution in [0.3, 0.4) is 0 Å². The van der Waals surface area contributed by atoms with Crippen LogP contribution >= 0.6 is 0 Å². The number of aromatic carboxylic acids is 1. The molecule has 20 heavy (non-hydrogen) atoms. The first-order valence-corrected chi connectivity index (χ1v) is 6.17. The molecule has 110 valence electrons. The predicted octanol–water partition coefficient (Wildman–Crippen LogP) is 0.867. The average Bonchev–Trinajstić information content (AvgIpc) is 2.68. The molecule has 1 unspecified atom stereocenters. The number of amides is 1. The minimum absolute atomic E-state index is 0.0146. The zero-order valence-electron chi connectivity index (χ0n) is 11.5. The summed E-state index contributed by atoms with van der Waals surface area (Å²) < 4.78 is 11.9. The van der Waals surface area contributed by atoms with Gasteiger partial charge >= 0.3 is 12.1 Å². The molecule has 1 aromatic rings. The Bertz CT molecular complexity index is 532. The van der Waals surface area contributed by atoms with Crippen molar-refractivity contribution in [1.29, 1.82) is 0 Å². The van der Waals surface area contributed by atoms with Gasteiger partial charge in [-0.1, -0.05) is 0 Å². The fourth-order valence-electron chi connectivity index (χ4n) is 1.81. The summed E-state index contributed by atoms with van der Waals surface area (Å²) in [6.45, 7) is 5.82. The summed E-state index contributed by atoms with van der Waals surface area (Å²) in [7, 11) is 0. The lowest BCUT2D eigenvalue weighted by molar-refractivity contribution is 0.0457. The molecular weight excluding hydrogens is 266 g/mol. The van der Waals surface area contributed by atoms with Gasteiger partial charge in [0.15, 0.2) is 0 Å². The summed E-state index contributed by atoms with van der Waals surface area (Å²) in [5.74, 6) is -0.885. The van der Waals surface area contributed by atoms with Crippen LogP contribution < -0.4 is 10.1 Å². The third-order valence-corrected chi connectivity index (χ3v) is 2.56. The highest BCUT2D eigenvalue weighted by atomic mass is 16.6. The van der Waals surface area contributed by atoms with Crippen molar-refractivity contribution in [2.45, 2.75) is 39.0 Å². The van der Waals surface area contributed by atoms with E-state index in [1.54, 1.807) is 20.8 Å². The monoisotopic (exact) mass is 283 g/mol. The van der Waals surface area contributed by atoms with Crippen LogP contribution in [0.4, 0.5) is 4.79 Å². The van der Waals surface area contributed by atoms with Crippen molar-refractivity contribution in [1.82, 2.24) is 15.1 Å². The number of carboxylic acids is 1. The summed E-state index contributed by atoms with van der Waals surface area (Å²) in [6, 6.07) is -0.320. The van der Waals surface area contributed by atoms with Crippen LogP contribution in [0.25, 0.3) is 0 Å². The zero-order chi connectivity index (χ0) is 14.9. The van der Waals surface area contributed by atoms with Crippen LogP contribution in [0.5, 0.6) is 5.88 Å². The molecule has 8 heteroatoms. The minimum Gasteiger partial charge on any atom is -0.477 e. The van der Waals surface area contributed by atoms with Crippen molar-refractivity contribution in [3.05, 3.63) is 11.8 Å². The third-order valence-electron chi connectivity index (χ3n) is 2.56. The maximum atomic E-state index is 11.6. The van der Waals surface area contributed by atoms with Gasteiger partial charge in [0.05, 0.1) is 18.8 Å². The quantitative estimate of drug-likeness (QED) is 0.834. The Morgan fingerprint density at radius 3 is 2.85 bits per heavy atom. The number of hydrogen-bond acceptors (Lipinski definition) is 5. The first-order chi connectivity index (χ1) is 9.26. The number of nitrogens with one attached hydrogen (secondary N) is 1. The van der Waals surface area contributed by atoms with Crippen LogP contribution in [0, 0.1) is 0 Å². The number of nitrogens with zero attached hydrogens (tertiary/aromatic N) is 2. The molecule has 2 rings (SSSR count). The molecule has 1 amide bonds. The van der Waals surface area contributed by atoms with Gasteiger partial charge in [0.1, 0.15) is 17.8 Å². The normalized spacial score (nSPS) is 17.9. The van der Waals surface area contributed by atoms with Gasteiger partial charge in [-0.05, 0) is 20.8 Å². The molecule has 1 aliphatic rings. The Morgan fingerprint density at radius 1 is 1.55 bits per heavy atom. The highest BCUT2D eigenvalue weighted by Crippen LogP contribution is 2.22. The SMILES string of the molecule is CC(C)(C)OC(=O)NC1COc2c(C(=O)O)cnn2C1. The van der Waals surface area contributed by atoms with Crippen molar-refractivity contribution >= 4 is 12.1 Å². The molecule has 0 bridgehead atoms. The fourth-order valence-corrected chi connectivity index (χ4v) is 1.81. The average molecular weight is 283 g/mol. The van der Waals surface area contributed by atoms with E-state index in [2.05, 4.69) is 10.4 Å². The van der Waals surface area contributed by atoms with E-state index in [0.717, 1.165) is 0 Å². The van der Waals surface area contributed by atoms with Crippen molar-refractivity contribution in [3.63, 3.8) is 0 Å². The van der Waals surface area contributed by atoms with Crippen LogP contribution in [-0.2, 0) is 11.3 Å². The molecular formula is C12H17N3O5. The van der Waals surface area contributed by atoms with E-state index in [9.17, 15) is 9.59 Å². The second kappa shape index (κ2) is 5.03. The molecule has 2 heterocycles. The lowest BCUT2D eigenvalue weighted by atomic mass is 10.2. The number of aromatic nitrogens is 2. The second-order valence-corrected chi connectivity index (χ2v) is 5.50. The van der Waals surface area contributed by atoms with E-state index >= 15 is 0 Å². The van der Waals surface area contributed by atoms with E-state index in [-0.39, 0.29) is 24.1 Å². The van der Waals surface area contributed by atoms with Crippen LogP contribution in [0.2, 0.25) is 0 Å². The zero-order valence-corrected chi connectivity index (χ0v) is 11.5. The molecule has 0 aromatic carbocycles. The van der Waals surface area contributed by atoms with Crippen molar-refractivity contribution in [2.24, 2.45) is 0 Å². The van der Waals surface area contributed by atoms with E-state index in [1.165, 1.54) is 10.9 Å². The van der Waals surface area contributed by atoms with Crippen LogP contribution in [0.15, 0.2) is 6.20 Å². The van der Waals surface area contributed by atoms with Crippen LogP contribution in [0.1, 0.15) is 31.1 Å². The van der Waals surface area contributed by atoms with Gasteiger partial charge in [-0.2, -0.15) is 5.10 Å². The first-order valence-electron chi connectivity index (χ1n) is 6.17. The molecule has 8 nitrogen and oxygen atoms in total. The topological polar surface area (TPSA) is 103 Å². The van der Waals surface area contributed by atoms with Gasteiger partial charge in [0.25, 0.3) is 0 Å². The largest absolute Gasteiger partial charge is 0.477 e. The van der Waals surface area contributed by atoms with E-state index in [4.69, 9.17) is 14.6 Å². The standard InChI is InChI=1S/C12H17N3O5/c1-12(2,3)20-11(18)14-7-5-15-9(19-6-7)8(4-13-15)10(16)17/h4,7H,5-6H2,1-3H3,(H,14,18)(H,16,17). The fraction of sp³-hybridized carbons (Fsp3) is 0.583. The lowest BCUT2D eigenvalue weighted by Gasteiger charge is -2.27. The molecule has 0 radical (unpaired) electrons. The summed E-state index contributed by atoms with van der Waals surface area (Å²) in [5, 5.41) is 15.5. The number of carbonyl (C=O) groups excluding carboxylic acids is 1. The van der Waals surface area contributed by atoms with E-state index in [1.807, 2.05) is 0 Å². The number of ether oxygens (including phenoxy) is 2. The Balaban J connectivity index is 1.98. The van der Waals surface area contributed by atoms with Gasteiger partial charge in [-0.25, -0.2) is 14.3 Å². The first kappa shape index (κ1) is 14.2. The molecule has 0 spiro atoms. The lowest BCUT2D eigenvalue weighted by Crippen LogP contribution is -2.46. The van der Waals surface area contributed by atoms with E-state index < -0.39 is 17.7 Å². The summed E-state index contributed by atoms with van der Waals surface area (Å²) in [5.41, 5.74) is -0.562. The number of alkyl carbamates (subject to hydrolysis) is 1. The number of carboxylic acid groups (broad SMARTS) is 1. The number of fused-ring (bicyclic) bond motifs is 1. The highest BCUT2D eigenvalue weighted by molar-refractivity contribution is 5.90. The number of hydrogen-bond donors (Lipinski definition) is 2. The molecule has 0 saturated heterocycles. The molecule has 1 atom stereocenters. The van der Waals surface area contributed by atoms with Gasteiger partial charge in [-0.15, -0.1) is 0 Å². The minimum atomic E-state index is -1.09. The Kier molecular flexibility index (Phi) is 3.56. The Morgan fingerprint density at radius 2 is 2.25 bits per heavy atom. The molecule has 0 aliphatic carbocycles. The number of carbonyl (C=O) groups is 2. The van der Waals surface area contributed by atoms with E-state index in [0.29, 0.717) is 6.54 Å². The second-order valence-electron chi connectivity index (χ2n) is 5.50. The van der Waals surface area contributed by atoms with Crippen molar-refractivity contribution in [2.75, 3.05) is 6.61 Å². The molecule has 1 aromatic heterocycles. The molecule has 0 fully saturated rings. The van der Waals surface area contributed by atoms with Gasteiger partial charge in [0, 0.05) is 0 Å². The number of rotatable bonds is 2. The van der Waals surface area contributed by atoms with Gasteiger partial charge < -0.3 is 19.9 Å². The van der Waals surface area contributed by atoms with Crippen molar-refractivity contribution < 1.29 is 24.2 Å². The van der Waals surface area contributed by atoms with Gasteiger partial charge in [-0.3, -0.25) is 0 Å². The Labute approximate surface area is 115 Å². The summed E-state index contributed by atoms with van der Waals surface area (Å²) in [4.78, 5) is 22.6. The maximum Gasteiger partial charge on any atom is 0.408 e. The van der Waals surface area contributed by atoms with Crippen molar-refractivity contribution in [3.8, 4) is 5.88 Å². The predicted molar refractivity (Wildman–Crippen MR) is 67.8 cm³/mol. The summed E-state index contributed by atoms with van der Waals surface area (Å²) in [6.07, 6.45) is 0.688. The third kappa shape index (κ3) is 3.19. The van der Waals surface area contributed by atoms with Crippen LogP contribution in [-0.4, -0.2) is 45.2 Å². The smallest absolute Gasteiger partial charge is 0.408 e. The molecule has 2 N–H and O–H groups in total. The van der Waals surface area contributed by atoms with Gasteiger partial charge in [0.2, 0.25) is 5.88 Å². The molecule has 1 aliphatic heterocycles. The highest BCUT2D eigenvalue weighted by Gasteiger charge is 2.28. The summed E-state index contributed by atoms with van der Waals surface area (Å²) >= 11 is 0.